The zero-order valence-corrected chi connectivity index (χ0v) is 15.1. The third kappa shape index (κ3) is 5.43. The highest BCUT2D eigenvalue weighted by atomic mass is 79.9. The molecule has 0 saturated heterocycles. The summed E-state index contributed by atoms with van der Waals surface area (Å²) < 4.78 is 6.55. The van der Waals surface area contributed by atoms with Gasteiger partial charge in [0.1, 0.15) is 5.75 Å². The fraction of sp³-hybridized carbons (Fsp3) is 0.167. The number of hydrogen-bond acceptors (Lipinski definition) is 2. The Kier molecular flexibility index (Phi) is 6.87. The highest BCUT2D eigenvalue weighted by molar-refractivity contribution is 9.10. The molecule has 2 rings (SSSR count). The molecule has 0 spiro atoms. The lowest BCUT2D eigenvalue weighted by molar-refractivity contribution is 0.104. The molecule has 22 heavy (non-hydrogen) atoms. The molecule has 2 aromatic rings. The first-order chi connectivity index (χ1) is 10.7. The van der Waals surface area contributed by atoms with Crippen LogP contribution in [0.3, 0.4) is 0 Å². The molecule has 0 saturated carbocycles. The van der Waals surface area contributed by atoms with Crippen LogP contribution < -0.4 is 4.74 Å². The molecule has 0 radical (unpaired) electrons. The Morgan fingerprint density at radius 3 is 2.59 bits per heavy atom. The molecule has 0 aliphatic rings. The van der Waals surface area contributed by atoms with Crippen LogP contribution in [0.5, 0.6) is 5.75 Å². The quantitative estimate of drug-likeness (QED) is 0.254. The van der Waals surface area contributed by atoms with Gasteiger partial charge in [-0.15, -0.1) is 0 Å². The molecule has 0 aliphatic heterocycles. The summed E-state index contributed by atoms with van der Waals surface area (Å²) in [5, 5.41) is 0.921. The van der Waals surface area contributed by atoms with Gasteiger partial charge in [-0.05, 0) is 54.5 Å². The van der Waals surface area contributed by atoms with Crippen molar-refractivity contribution in [3.8, 4) is 5.75 Å². The van der Waals surface area contributed by atoms with Crippen molar-refractivity contribution in [2.24, 2.45) is 0 Å². The fourth-order valence-corrected chi connectivity index (χ4v) is 2.48. The van der Waals surface area contributed by atoms with Gasteiger partial charge in [0.2, 0.25) is 0 Å². The molecule has 2 aromatic carbocycles. The van der Waals surface area contributed by atoms with E-state index in [9.17, 15) is 4.79 Å². The van der Waals surface area contributed by atoms with E-state index in [4.69, 9.17) is 4.74 Å². The molecule has 0 unspecified atom stereocenters. The minimum absolute atomic E-state index is 0.0213. The average molecular weight is 424 g/mol. The maximum absolute atomic E-state index is 12.1. The summed E-state index contributed by atoms with van der Waals surface area (Å²) >= 11 is 6.77. The van der Waals surface area contributed by atoms with Crippen molar-refractivity contribution in [2.75, 3.05) is 11.9 Å². The zero-order chi connectivity index (χ0) is 15.8. The maximum atomic E-state index is 12.1. The van der Waals surface area contributed by atoms with Crippen LogP contribution in [0.15, 0.2) is 59.1 Å². The molecule has 0 bridgehead atoms. The Morgan fingerprint density at radius 2 is 1.91 bits per heavy atom. The number of benzene rings is 2. The predicted octanol–water partition coefficient (Wildman–Crippen LogP) is 5.51. The van der Waals surface area contributed by atoms with Crippen LogP contribution in [0.1, 0.15) is 22.3 Å². The van der Waals surface area contributed by atoms with Crippen molar-refractivity contribution < 1.29 is 9.53 Å². The highest BCUT2D eigenvalue weighted by Gasteiger charge is 2.02. The summed E-state index contributed by atoms with van der Waals surface area (Å²) in [5.41, 5.74) is 1.64. The Bertz CT molecular complexity index is 648. The topological polar surface area (TPSA) is 26.3 Å². The van der Waals surface area contributed by atoms with E-state index in [2.05, 4.69) is 31.9 Å². The van der Waals surface area contributed by atoms with Crippen molar-refractivity contribution in [3.05, 3.63) is 70.2 Å². The van der Waals surface area contributed by atoms with Crippen LogP contribution in [-0.2, 0) is 0 Å². The van der Waals surface area contributed by atoms with Crippen molar-refractivity contribution >= 4 is 43.7 Å². The van der Waals surface area contributed by atoms with Crippen molar-refractivity contribution in [1.29, 1.82) is 0 Å². The van der Waals surface area contributed by atoms with Crippen LogP contribution >= 0.6 is 31.9 Å². The Morgan fingerprint density at radius 1 is 1.14 bits per heavy atom. The van der Waals surface area contributed by atoms with Gasteiger partial charge in [-0.1, -0.05) is 50.1 Å². The number of carbonyl (C=O) groups is 1. The van der Waals surface area contributed by atoms with E-state index < -0.39 is 0 Å². The first kappa shape index (κ1) is 17.0. The van der Waals surface area contributed by atoms with Gasteiger partial charge in [0.05, 0.1) is 6.61 Å². The van der Waals surface area contributed by atoms with E-state index in [-0.39, 0.29) is 5.78 Å². The first-order valence-electron chi connectivity index (χ1n) is 6.96. The molecule has 0 N–H and O–H groups in total. The zero-order valence-electron chi connectivity index (χ0n) is 12.0. The van der Waals surface area contributed by atoms with Gasteiger partial charge in [0, 0.05) is 15.4 Å². The standard InChI is InChI=1S/C18H16Br2O2/c19-11-2-12-22-17-8-6-15(7-9-17)18(21)10-5-14-3-1-4-16(20)13-14/h1,3-10,13H,2,11-12H2. The van der Waals surface area contributed by atoms with Gasteiger partial charge in [0.25, 0.3) is 0 Å². The van der Waals surface area contributed by atoms with Crippen LogP contribution in [0.2, 0.25) is 0 Å². The number of hydrogen-bond donors (Lipinski definition) is 0. The molecule has 0 amide bonds. The summed E-state index contributed by atoms with van der Waals surface area (Å²) in [7, 11) is 0. The Hall–Kier alpha value is -1.39. The van der Waals surface area contributed by atoms with E-state index >= 15 is 0 Å². The van der Waals surface area contributed by atoms with E-state index in [1.54, 1.807) is 18.2 Å². The monoisotopic (exact) mass is 422 g/mol. The second kappa shape index (κ2) is 8.91. The summed E-state index contributed by atoms with van der Waals surface area (Å²) in [5.74, 6) is 0.764. The minimum atomic E-state index is -0.0213. The van der Waals surface area contributed by atoms with E-state index in [0.29, 0.717) is 12.2 Å². The third-order valence-corrected chi connectivity index (χ3v) is 4.02. The maximum Gasteiger partial charge on any atom is 0.185 e. The second-order valence-electron chi connectivity index (χ2n) is 4.67. The third-order valence-electron chi connectivity index (χ3n) is 2.96. The van der Waals surface area contributed by atoms with Gasteiger partial charge in [0.15, 0.2) is 5.78 Å². The van der Waals surface area contributed by atoms with E-state index in [1.807, 2.05) is 42.5 Å². The molecule has 114 valence electrons. The fourth-order valence-electron chi connectivity index (χ4n) is 1.84. The minimum Gasteiger partial charge on any atom is -0.494 e. The van der Waals surface area contributed by atoms with E-state index in [1.165, 1.54) is 0 Å². The molecule has 2 nitrogen and oxygen atoms in total. The number of alkyl halides is 1. The van der Waals surface area contributed by atoms with Gasteiger partial charge < -0.3 is 4.74 Å². The summed E-state index contributed by atoms with van der Waals surface area (Å²) in [6.45, 7) is 0.668. The lowest BCUT2D eigenvalue weighted by atomic mass is 10.1. The summed E-state index contributed by atoms with van der Waals surface area (Å²) in [4.78, 5) is 12.1. The smallest absolute Gasteiger partial charge is 0.185 e. The second-order valence-corrected chi connectivity index (χ2v) is 6.38. The SMILES string of the molecule is O=C(C=Cc1cccc(Br)c1)c1ccc(OCCCBr)cc1. The summed E-state index contributed by atoms with van der Waals surface area (Å²) in [6, 6.07) is 15.0. The number of rotatable bonds is 7. The molecule has 0 aromatic heterocycles. The van der Waals surface area contributed by atoms with Gasteiger partial charge in [-0.2, -0.15) is 0 Å². The number of allylic oxidation sites excluding steroid dienone is 1. The number of ether oxygens (including phenoxy) is 1. The van der Waals surface area contributed by atoms with Gasteiger partial charge in [-0.3, -0.25) is 4.79 Å². The molecule has 0 heterocycles. The van der Waals surface area contributed by atoms with Crippen LogP contribution in [0.25, 0.3) is 6.08 Å². The Balaban J connectivity index is 1.97. The number of ketones is 1. The molecule has 0 aliphatic carbocycles. The van der Waals surface area contributed by atoms with E-state index in [0.717, 1.165) is 27.5 Å². The predicted molar refractivity (Wildman–Crippen MR) is 97.9 cm³/mol. The molecular formula is C18H16Br2O2. The molecule has 4 heteroatoms. The van der Waals surface area contributed by atoms with Crippen LogP contribution in [0, 0.1) is 0 Å². The number of halogens is 2. The van der Waals surface area contributed by atoms with Gasteiger partial charge >= 0.3 is 0 Å². The molecular weight excluding hydrogens is 408 g/mol. The van der Waals surface area contributed by atoms with Crippen molar-refractivity contribution in [3.63, 3.8) is 0 Å². The summed E-state index contributed by atoms with van der Waals surface area (Å²) in [6.07, 6.45) is 4.35. The van der Waals surface area contributed by atoms with Crippen LogP contribution in [0.4, 0.5) is 0 Å². The van der Waals surface area contributed by atoms with Gasteiger partial charge in [-0.25, -0.2) is 0 Å². The van der Waals surface area contributed by atoms with Crippen LogP contribution in [-0.4, -0.2) is 17.7 Å². The lowest BCUT2D eigenvalue weighted by Gasteiger charge is -2.05. The number of carbonyl (C=O) groups excluding carboxylic acids is 1. The normalized spacial score (nSPS) is 10.8. The average Bonchev–Trinajstić information content (AvgIpc) is 2.54. The largest absolute Gasteiger partial charge is 0.494 e. The lowest BCUT2D eigenvalue weighted by Crippen LogP contribution is -1.99. The molecule has 0 atom stereocenters. The molecule has 0 fully saturated rings. The highest BCUT2D eigenvalue weighted by Crippen LogP contribution is 2.15. The Labute approximate surface area is 147 Å². The van der Waals surface area contributed by atoms with Crippen molar-refractivity contribution in [2.45, 2.75) is 6.42 Å². The van der Waals surface area contributed by atoms with Crippen molar-refractivity contribution in [1.82, 2.24) is 0 Å². The first-order valence-corrected chi connectivity index (χ1v) is 8.87.